The molecule has 0 bridgehead atoms. The molecule has 1 rings (SSSR count). The number of carbonyl (C=O) groups is 1. The lowest BCUT2D eigenvalue weighted by atomic mass is 10.3. The van der Waals surface area contributed by atoms with Crippen LogP contribution in [0, 0.1) is 3.57 Å². The Morgan fingerprint density at radius 2 is 2.20 bits per heavy atom. The summed E-state index contributed by atoms with van der Waals surface area (Å²) in [5.41, 5.74) is 0. The smallest absolute Gasteiger partial charge is 0.346 e. The SMILES string of the molecule is COC(=O)C(C)Oc1ccc(Cl)cc1I. The second kappa shape index (κ2) is 5.55. The van der Waals surface area contributed by atoms with E-state index >= 15 is 0 Å². The summed E-state index contributed by atoms with van der Waals surface area (Å²) in [7, 11) is 1.33. The van der Waals surface area contributed by atoms with Gasteiger partial charge in [-0.1, -0.05) is 11.6 Å². The first-order valence-electron chi connectivity index (χ1n) is 4.24. The number of benzene rings is 1. The van der Waals surface area contributed by atoms with Gasteiger partial charge in [0.05, 0.1) is 10.7 Å². The van der Waals surface area contributed by atoms with Gasteiger partial charge in [-0.2, -0.15) is 0 Å². The molecule has 0 aliphatic heterocycles. The number of halogens is 2. The summed E-state index contributed by atoms with van der Waals surface area (Å²) in [6.45, 7) is 1.64. The fourth-order valence-corrected chi connectivity index (χ4v) is 1.97. The summed E-state index contributed by atoms with van der Waals surface area (Å²) in [6.07, 6.45) is -0.621. The maximum Gasteiger partial charge on any atom is 0.346 e. The molecule has 1 unspecified atom stereocenters. The fourth-order valence-electron chi connectivity index (χ4n) is 0.975. The number of carbonyl (C=O) groups excluding carboxylic acids is 1. The standard InChI is InChI=1S/C10H10ClIO3/c1-6(10(13)14-2)15-9-4-3-7(11)5-8(9)12/h3-6H,1-2H3. The molecule has 1 aromatic carbocycles. The highest BCUT2D eigenvalue weighted by molar-refractivity contribution is 14.1. The van der Waals surface area contributed by atoms with Gasteiger partial charge in [-0.15, -0.1) is 0 Å². The van der Waals surface area contributed by atoms with Crippen LogP contribution in [0.25, 0.3) is 0 Å². The lowest BCUT2D eigenvalue weighted by molar-refractivity contribution is -0.147. The molecule has 82 valence electrons. The van der Waals surface area contributed by atoms with E-state index in [9.17, 15) is 4.79 Å². The van der Waals surface area contributed by atoms with E-state index in [1.54, 1.807) is 25.1 Å². The van der Waals surface area contributed by atoms with Crippen molar-refractivity contribution in [2.24, 2.45) is 0 Å². The summed E-state index contributed by atoms with van der Waals surface area (Å²) >= 11 is 7.88. The number of methoxy groups -OCH3 is 1. The Bertz CT molecular complexity index is 368. The van der Waals surface area contributed by atoms with Crippen LogP contribution in [0.1, 0.15) is 6.92 Å². The van der Waals surface area contributed by atoms with Gasteiger partial charge >= 0.3 is 5.97 Å². The molecule has 0 aliphatic rings. The van der Waals surface area contributed by atoms with E-state index < -0.39 is 12.1 Å². The van der Waals surface area contributed by atoms with Gasteiger partial charge in [-0.3, -0.25) is 0 Å². The minimum absolute atomic E-state index is 0.402. The second-order valence-electron chi connectivity index (χ2n) is 2.86. The molecule has 0 heterocycles. The molecule has 0 amide bonds. The van der Waals surface area contributed by atoms with Crippen molar-refractivity contribution in [3.8, 4) is 5.75 Å². The average Bonchev–Trinajstić information content (AvgIpc) is 2.20. The van der Waals surface area contributed by atoms with Crippen molar-refractivity contribution in [2.45, 2.75) is 13.0 Å². The van der Waals surface area contributed by atoms with Crippen molar-refractivity contribution in [3.05, 3.63) is 26.8 Å². The molecule has 0 radical (unpaired) electrons. The van der Waals surface area contributed by atoms with Gasteiger partial charge in [0, 0.05) is 5.02 Å². The van der Waals surface area contributed by atoms with Crippen LogP contribution in [0.4, 0.5) is 0 Å². The molecule has 1 aromatic rings. The van der Waals surface area contributed by atoms with Crippen molar-refractivity contribution in [1.29, 1.82) is 0 Å². The maximum atomic E-state index is 11.1. The number of esters is 1. The van der Waals surface area contributed by atoms with Crippen LogP contribution < -0.4 is 4.74 Å². The van der Waals surface area contributed by atoms with Gasteiger partial charge in [0.15, 0.2) is 6.10 Å². The monoisotopic (exact) mass is 340 g/mol. The summed E-state index contributed by atoms with van der Waals surface area (Å²) in [4.78, 5) is 11.1. The predicted octanol–water partition coefficient (Wildman–Crippen LogP) is 2.88. The molecular formula is C10H10ClIO3. The van der Waals surface area contributed by atoms with Crippen LogP contribution in [0.3, 0.4) is 0 Å². The Labute approximate surface area is 107 Å². The highest BCUT2D eigenvalue weighted by Gasteiger charge is 2.15. The third kappa shape index (κ3) is 3.53. The van der Waals surface area contributed by atoms with Crippen LogP contribution >= 0.6 is 34.2 Å². The normalized spacial score (nSPS) is 12.0. The Hall–Kier alpha value is -0.490. The highest BCUT2D eigenvalue weighted by atomic mass is 127. The summed E-state index contributed by atoms with van der Waals surface area (Å²) in [5, 5.41) is 0.637. The van der Waals surface area contributed by atoms with Crippen LogP contribution in [-0.2, 0) is 9.53 Å². The van der Waals surface area contributed by atoms with Crippen molar-refractivity contribution < 1.29 is 14.3 Å². The van der Waals surface area contributed by atoms with Crippen LogP contribution in [0.5, 0.6) is 5.75 Å². The van der Waals surface area contributed by atoms with Gasteiger partial charge < -0.3 is 9.47 Å². The zero-order chi connectivity index (χ0) is 11.4. The molecule has 0 spiro atoms. The Morgan fingerprint density at radius 3 is 2.73 bits per heavy atom. The first-order chi connectivity index (χ1) is 7.04. The minimum atomic E-state index is -0.621. The van der Waals surface area contributed by atoms with Crippen LogP contribution in [0.15, 0.2) is 18.2 Å². The number of ether oxygens (including phenoxy) is 2. The van der Waals surface area contributed by atoms with E-state index in [2.05, 4.69) is 27.3 Å². The number of rotatable bonds is 3. The van der Waals surface area contributed by atoms with E-state index in [0.29, 0.717) is 10.8 Å². The highest BCUT2D eigenvalue weighted by Crippen LogP contribution is 2.25. The van der Waals surface area contributed by atoms with Crippen LogP contribution in [0.2, 0.25) is 5.02 Å². The van der Waals surface area contributed by atoms with Crippen molar-refractivity contribution in [3.63, 3.8) is 0 Å². The molecule has 5 heteroatoms. The molecule has 0 saturated heterocycles. The minimum Gasteiger partial charge on any atom is -0.478 e. The Balaban J connectivity index is 2.76. The second-order valence-corrected chi connectivity index (χ2v) is 4.46. The average molecular weight is 341 g/mol. The number of hydrogen-bond donors (Lipinski definition) is 0. The third-order valence-corrected chi connectivity index (χ3v) is 2.81. The first kappa shape index (κ1) is 12.6. The van der Waals surface area contributed by atoms with E-state index in [-0.39, 0.29) is 0 Å². The van der Waals surface area contributed by atoms with E-state index in [0.717, 1.165) is 3.57 Å². The Kier molecular flexibility index (Phi) is 4.66. The molecule has 0 aliphatic carbocycles. The number of hydrogen-bond acceptors (Lipinski definition) is 3. The molecular weight excluding hydrogens is 330 g/mol. The lowest BCUT2D eigenvalue weighted by Crippen LogP contribution is -2.25. The summed E-state index contributed by atoms with van der Waals surface area (Å²) < 4.78 is 10.8. The fraction of sp³-hybridized carbons (Fsp3) is 0.300. The maximum absolute atomic E-state index is 11.1. The van der Waals surface area contributed by atoms with Gasteiger partial charge in [0.1, 0.15) is 5.75 Å². The zero-order valence-corrected chi connectivity index (χ0v) is 11.2. The van der Waals surface area contributed by atoms with Gasteiger partial charge in [0.25, 0.3) is 0 Å². The topological polar surface area (TPSA) is 35.5 Å². The van der Waals surface area contributed by atoms with Crippen molar-refractivity contribution in [1.82, 2.24) is 0 Å². The summed E-state index contributed by atoms with van der Waals surface area (Å²) in [6, 6.07) is 5.20. The first-order valence-corrected chi connectivity index (χ1v) is 5.70. The molecule has 0 N–H and O–H groups in total. The third-order valence-electron chi connectivity index (χ3n) is 1.73. The Morgan fingerprint density at radius 1 is 1.53 bits per heavy atom. The molecule has 15 heavy (non-hydrogen) atoms. The van der Waals surface area contributed by atoms with E-state index in [1.807, 2.05) is 0 Å². The summed E-state index contributed by atoms with van der Waals surface area (Å²) in [5.74, 6) is 0.221. The van der Waals surface area contributed by atoms with E-state index in [1.165, 1.54) is 7.11 Å². The van der Waals surface area contributed by atoms with Gasteiger partial charge in [0.2, 0.25) is 0 Å². The van der Waals surface area contributed by atoms with Crippen molar-refractivity contribution >= 4 is 40.2 Å². The van der Waals surface area contributed by atoms with Crippen LogP contribution in [-0.4, -0.2) is 19.2 Å². The molecule has 0 saturated carbocycles. The van der Waals surface area contributed by atoms with Crippen molar-refractivity contribution in [2.75, 3.05) is 7.11 Å². The quantitative estimate of drug-likeness (QED) is 0.627. The largest absolute Gasteiger partial charge is 0.478 e. The molecule has 1 atom stereocenters. The lowest BCUT2D eigenvalue weighted by Gasteiger charge is -2.13. The molecule has 3 nitrogen and oxygen atoms in total. The molecule has 0 fully saturated rings. The van der Waals surface area contributed by atoms with Gasteiger partial charge in [-0.05, 0) is 47.7 Å². The van der Waals surface area contributed by atoms with E-state index in [4.69, 9.17) is 16.3 Å². The zero-order valence-electron chi connectivity index (χ0n) is 8.29. The van der Waals surface area contributed by atoms with Gasteiger partial charge in [-0.25, -0.2) is 4.79 Å². The molecule has 0 aromatic heterocycles. The predicted molar refractivity (Wildman–Crippen MR) is 66.3 cm³/mol.